The fourth-order valence-electron chi connectivity index (χ4n) is 1.62. The maximum atomic E-state index is 11.1. The zero-order valence-electron chi connectivity index (χ0n) is 9.35. The monoisotopic (exact) mass is 362 g/mol. The Kier molecular flexibility index (Phi) is 3.53. The topological polar surface area (TPSA) is 55.1 Å². The lowest BCUT2D eigenvalue weighted by Gasteiger charge is -2.12. The molecular formula is C11H11IN2O2S. The molecule has 6 heteroatoms. The molecule has 90 valence electrons. The van der Waals surface area contributed by atoms with Crippen molar-refractivity contribution in [2.75, 3.05) is 0 Å². The van der Waals surface area contributed by atoms with Crippen molar-refractivity contribution in [3.05, 3.63) is 37.6 Å². The summed E-state index contributed by atoms with van der Waals surface area (Å²) in [5, 5.41) is 10.1. The molecule has 2 rings (SSSR count). The van der Waals surface area contributed by atoms with Gasteiger partial charge in [0.05, 0.1) is 6.04 Å². The van der Waals surface area contributed by atoms with E-state index in [2.05, 4.69) is 27.6 Å². The quantitative estimate of drug-likeness (QED) is 0.854. The lowest BCUT2D eigenvalue weighted by Crippen LogP contribution is -2.12. The summed E-state index contributed by atoms with van der Waals surface area (Å²) in [7, 11) is 0. The van der Waals surface area contributed by atoms with Gasteiger partial charge in [0, 0.05) is 20.8 Å². The third-order valence-corrected chi connectivity index (χ3v) is 4.12. The maximum absolute atomic E-state index is 11.1. The summed E-state index contributed by atoms with van der Waals surface area (Å²) in [5.41, 5.74) is 0.301. The van der Waals surface area contributed by atoms with Gasteiger partial charge in [-0.15, -0.1) is 11.3 Å². The van der Waals surface area contributed by atoms with E-state index in [1.54, 1.807) is 22.0 Å². The van der Waals surface area contributed by atoms with Crippen molar-refractivity contribution in [2.45, 2.75) is 19.9 Å². The fourth-order valence-corrected chi connectivity index (χ4v) is 3.04. The highest BCUT2D eigenvalue weighted by atomic mass is 127. The normalized spacial score (nSPS) is 12.6. The number of aryl methyl sites for hydroxylation is 1. The van der Waals surface area contributed by atoms with Crippen molar-refractivity contribution in [1.82, 2.24) is 9.55 Å². The molecule has 0 radical (unpaired) electrons. The number of aromatic carboxylic acids is 1. The van der Waals surface area contributed by atoms with Crippen LogP contribution in [0.4, 0.5) is 0 Å². The molecule has 4 nitrogen and oxygen atoms in total. The van der Waals surface area contributed by atoms with E-state index in [1.807, 2.05) is 26.2 Å². The van der Waals surface area contributed by atoms with Gasteiger partial charge < -0.3 is 9.67 Å². The zero-order valence-corrected chi connectivity index (χ0v) is 12.3. The molecule has 0 saturated carbocycles. The first-order valence-corrected chi connectivity index (χ1v) is 6.91. The minimum absolute atomic E-state index is 0.0525. The molecule has 0 aliphatic heterocycles. The van der Waals surface area contributed by atoms with Crippen molar-refractivity contribution in [3.8, 4) is 0 Å². The van der Waals surface area contributed by atoms with E-state index in [9.17, 15) is 4.79 Å². The first-order valence-electron chi connectivity index (χ1n) is 5.02. The summed E-state index contributed by atoms with van der Waals surface area (Å²) in [4.78, 5) is 16.6. The number of carboxylic acid groups (broad SMARTS) is 1. The number of hydrogen-bond donors (Lipinski definition) is 1. The summed E-state index contributed by atoms with van der Waals surface area (Å²) in [5.74, 6) is -0.909. The standard InChI is InChI=1S/C11H11IN2O2S/c1-6-4-13-10(17-6)7(2)14-5-8(12)3-9(14)11(15)16/h3-5,7H,1-2H3,(H,15,16). The van der Waals surface area contributed by atoms with Crippen molar-refractivity contribution in [1.29, 1.82) is 0 Å². The Morgan fingerprint density at radius 1 is 1.65 bits per heavy atom. The van der Waals surface area contributed by atoms with Gasteiger partial charge in [-0.2, -0.15) is 0 Å². The van der Waals surface area contributed by atoms with E-state index in [4.69, 9.17) is 5.11 Å². The van der Waals surface area contributed by atoms with Crippen LogP contribution in [0.2, 0.25) is 0 Å². The van der Waals surface area contributed by atoms with Crippen LogP contribution in [-0.4, -0.2) is 20.6 Å². The molecule has 1 unspecified atom stereocenters. The Bertz CT molecular complexity index is 562. The van der Waals surface area contributed by atoms with Crippen LogP contribution in [0.3, 0.4) is 0 Å². The summed E-state index contributed by atoms with van der Waals surface area (Å²) < 4.78 is 2.67. The summed E-state index contributed by atoms with van der Waals surface area (Å²) >= 11 is 3.71. The molecule has 17 heavy (non-hydrogen) atoms. The number of nitrogens with zero attached hydrogens (tertiary/aromatic N) is 2. The third kappa shape index (κ3) is 2.52. The molecule has 0 saturated heterocycles. The number of hydrogen-bond acceptors (Lipinski definition) is 3. The Hall–Kier alpha value is -0.890. The van der Waals surface area contributed by atoms with Crippen LogP contribution >= 0.6 is 33.9 Å². The molecule has 0 spiro atoms. The number of carboxylic acids is 1. The van der Waals surface area contributed by atoms with E-state index >= 15 is 0 Å². The minimum atomic E-state index is -0.909. The molecule has 0 aliphatic rings. The van der Waals surface area contributed by atoms with E-state index < -0.39 is 5.97 Å². The SMILES string of the molecule is Cc1cnc(C(C)n2cc(I)cc2C(=O)O)s1. The minimum Gasteiger partial charge on any atom is -0.477 e. The summed E-state index contributed by atoms with van der Waals surface area (Å²) in [6.45, 7) is 3.95. The van der Waals surface area contributed by atoms with E-state index in [-0.39, 0.29) is 6.04 Å². The van der Waals surface area contributed by atoms with Gasteiger partial charge in [0.1, 0.15) is 10.7 Å². The second-order valence-corrected chi connectivity index (χ2v) is 6.25. The van der Waals surface area contributed by atoms with Gasteiger partial charge in [-0.3, -0.25) is 0 Å². The summed E-state index contributed by atoms with van der Waals surface area (Å²) in [6.07, 6.45) is 3.65. The molecule has 0 amide bonds. The molecule has 2 heterocycles. The number of carbonyl (C=O) groups is 1. The van der Waals surface area contributed by atoms with Crippen molar-refractivity contribution in [3.63, 3.8) is 0 Å². The lowest BCUT2D eigenvalue weighted by atomic mass is 10.3. The highest BCUT2D eigenvalue weighted by Crippen LogP contribution is 2.26. The molecule has 0 fully saturated rings. The number of thiazole rings is 1. The molecule has 0 aromatic carbocycles. The molecule has 2 aromatic rings. The largest absolute Gasteiger partial charge is 0.477 e. The summed E-state index contributed by atoms with van der Waals surface area (Å²) in [6, 6.07) is 1.61. The molecular weight excluding hydrogens is 351 g/mol. The van der Waals surface area contributed by atoms with Crippen LogP contribution in [0.1, 0.15) is 33.3 Å². The van der Waals surface area contributed by atoms with Gasteiger partial charge in [-0.1, -0.05) is 0 Å². The Labute approximate surface area is 116 Å². The van der Waals surface area contributed by atoms with Gasteiger partial charge >= 0.3 is 5.97 Å². The van der Waals surface area contributed by atoms with Gasteiger partial charge in [0.2, 0.25) is 0 Å². The highest BCUT2D eigenvalue weighted by Gasteiger charge is 2.19. The van der Waals surface area contributed by atoms with Gasteiger partial charge in [-0.05, 0) is 42.5 Å². The van der Waals surface area contributed by atoms with E-state index in [0.29, 0.717) is 5.69 Å². The van der Waals surface area contributed by atoms with Crippen LogP contribution in [-0.2, 0) is 0 Å². The zero-order chi connectivity index (χ0) is 12.6. The molecule has 2 aromatic heterocycles. The first-order chi connectivity index (χ1) is 7.99. The predicted octanol–water partition coefficient (Wildman–Crippen LogP) is 3.17. The van der Waals surface area contributed by atoms with Crippen LogP contribution in [0, 0.1) is 10.5 Å². The average Bonchev–Trinajstić information content (AvgIpc) is 2.83. The van der Waals surface area contributed by atoms with Gasteiger partial charge in [0.25, 0.3) is 0 Å². The van der Waals surface area contributed by atoms with Crippen molar-refractivity contribution in [2.24, 2.45) is 0 Å². The number of rotatable bonds is 3. The van der Waals surface area contributed by atoms with Crippen LogP contribution in [0.5, 0.6) is 0 Å². The molecule has 1 atom stereocenters. The van der Waals surface area contributed by atoms with E-state index in [1.165, 1.54) is 0 Å². The first kappa shape index (κ1) is 12.6. The van der Waals surface area contributed by atoms with Gasteiger partial charge in [0.15, 0.2) is 0 Å². The predicted molar refractivity (Wildman–Crippen MR) is 74.8 cm³/mol. The highest BCUT2D eigenvalue weighted by molar-refractivity contribution is 14.1. The Balaban J connectivity index is 2.43. The lowest BCUT2D eigenvalue weighted by molar-refractivity contribution is 0.0684. The van der Waals surface area contributed by atoms with Crippen LogP contribution < -0.4 is 0 Å². The second kappa shape index (κ2) is 4.77. The number of aromatic nitrogens is 2. The van der Waals surface area contributed by atoms with Crippen LogP contribution in [0.25, 0.3) is 0 Å². The molecule has 0 aliphatic carbocycles. The maximum Gasteiger partial charge on any atom is 0.352 e. The van der Waals surface area contributed by atoms with Crippen LogP contribution in [0.15, 0.2) is 18.5 Å². The smallest absolute Gasteiger partial charge is 0.352 e. The average molecular weight is 362 g/mol. The Morgan fingerprint density at radius 2 is 2.35 bits per heavy atom. The second-order valence-electron chi connectivity index (χ2n) is 3.74. The van der Waals surface area contributed by atoms with Crippen molar-refractivity contribution >= 4 is 39.9 Å². The molecule has 0 bridgehead atoms. The Morgan fingerprint density at radius 3 is 2.88 bits per heavy atom. The van der Waals surface area contributed by atoms with Gasteiger partial charge in [-0.25, -0.2) is 9.78 Å². The fraction of sp³-hybridized carbons (Fsp3) is 0.273. The number of halogens is 1. The van der Waals surface area contributed by atoms with E-state index in [0.717, 1.165) is 13.5 Å². The molecule has 1 N–H and O–H groups in total. The van der Waals surface area contributed by atoms with Crippen molar-refractivity contribution < 1.29 is 9.90 Å². The third-order valence-electron chi connectivity index (χ3n) is 2.45.